The van der Waals surface area contributed by atoms with E-state index in [0.717, 1.165) is 34.5 Å². The lowest BCUT2D eigenvalue weighted by Crippen LogP contribution is -2.41. The Morgan fingerprint density at radius 3 is 3.15 bits per heavy atom. The maximum atomic E-state index is 13.0. The van der Waals surface area contributed by atoms with Crippen molar-refractivity contribution in [2.45, 2.75) is 18.9 Å². The molecule has 7 nitrogen and oxygen atoms in total. The summed E-state index contributed by atoms with van der Waals surface area (Å²) in [6.07, 6.45) is 2.66. The van der Waals surface area contributed by atoms with Gasteiger partial charge in [-0.3, -0.25) is 4.79 Å². The molecule has 5 rings (SSSR count). The second kappa shape index (κ2) is 6.06. The van der Waals surface area contributed by atoms with Crippen molar-refractivity contribution in [3.63, 3.8) is 0 Å². The Kier molecular flexibility index (Phi) is 3.56. The van der Waals surface area contributed by atoms with Crippen molar-refractivity contribution in [1.29, 1.82) is 0 Å². The Morgan fingerprint density at radius 2 is 2.31 bits per heavy atom. The molecule has 1 amide bonds. The number of nitrogens with zero attached hydrogens (tertiary/aromatic N) is 4. The molecule has 3 aromatic heterocycles. The van der Waals surface area contributed by atoms with Gasteiger partial charge in [-0.2, -0.15) is 0 Å². The SMILES string of the molecule is O=C(Cc1nncs1)N1CCc2[nH]cnc2[C@@H]1c1cc2ccccc2o1. The van der Waals surface area contributed by atoms with E-state index in [9.17, 15) is 4.79 Å². The molecule has 1 aromatic carbocycles. The first kappa shape index (κ1) is 15.3. The molecule has 0 unspecified atom stereocenters. The molecule has 1 atom stereocenters. The monoisotopic (exact) mass is 365 g/mol. The van der Waals surface area contributed by atoms with Crippen LogP contribution in [0.25, 0.3) is 11.0 Å². The molecule has 1 N–H and O–H groups in total. The van der Waals surface area contributed by atoms with E-state index >= 15 is 0 Å². The molecular weight excluding hydrogens is 350 g/mol. The number of imidazole rings is 1. The number of carbonyl (C=O) groups excluding carboxylic acids is 1. The van der Waals surface area contributed by atoms with E-state index in [1.54, 1.807) is 11.8 Å². The van der Waals surface area contributed by atoms with Crippen LogP contribution in [0.15, 0.2) is 46.6 Å². The highest BCUT2D eigenvalue weighted by molar-refractivity contribution is 7.09. The standard InChI is InChI=1S/C18H15N5O2S/c24-16(8-15-22-21-10-26-15)23-6-5-12-17(20-9-19-12)18(23)14-7-11-3-1-2-4-13(11)25-14/h1-4,7,9-10,18H,5-6,8H2,(H,19,20)/t18-/m0/s1. The molecule has 1 aliphatic heterocycles. The van der Waals surface area contributed by atoms with Gasteiger partial charge in [-0.1, -0.05) is 18.2 Å². The zero-order chi connectivity index (χ0) is 17.5. The fourth-order valence-electron chi connectivity index (χ4n) is 3.47. The number of hydrogen-bond donors (Lipinski definition) is 1. The van der Waals surface area contributed by atoms with Gasteiger partial charge in [0, 0.05) is 24.0 Å². The molecule has 4 heterocycles. The van der Waals surface area contributed by atoms with E-state index in [1.165, 1.54) is 11.3 Å². The Labute approximate surface area is 152 Å². The smallest absolute Gasteiger partial charge is 0.230 e. The van der Waals surface area contributed by atoms with Gasteiger partial charge in [-0.25, -0.2) is 4.98 Å². The van der Waals surface area contributed by atoms with E-state index in [2.05, 4.69) is 20.2 Å². The number of fused-ring (bicyclic) bond motifs is 2. The van der Waals surface area contributed by atoms with E-state index < -0.39 is 0 Å². The first-order valence-electron chi connectivity index (χ1n) is 8.35. The van der Waals surface area contributed by atoms with Crippen LogP contribution in [-0.4, -0.2) is 37.5 Å². The molecule has 8 heteroatoms. The minimum Gasteiger partial charge on any atom is -0.458 e. The van der Waals surface area contributed by atoms with Crippen molar-refractivity contribution in [3.05, 3.63) is 64.3 Å². The molecule has 0 fully saturated rings. The summed E-state index contributed by atoms with van der Waals surface area (Å²) in [4.78, 5) is 22.5. The minimum absolute atomic E-state index is 0.000793. The summed E-state index contributed by atoms with van der Waals surface area (Å²) in [5.41, 5.74) is 4.35. The van der Waals surface area contributed by atoms with Gasteiger partial charge in [-0.15, -0.1) is 21.5 Å². The first-order chi connectivity index (χ1) is 12.8. The third kappa shape index (κ3) is 2.50. The number of H-pyrrole nitrogens is 1. The highest BCUT2D eigenvalue weighted by atomic mass is 32.1. The van der Waals surface area contributed by atoms with Crippen LogP contribution in [0.5, 0.6) is 0 Å². The average Bonchev–Trinajstić information content (AvgIpc) is 3.40. The number of aromatic amines is 1. The number of amides is 1. The second-order valence-electron chi connectivity index (χ2n) is 6.20. The van der Waals surface area contributed by atoms with Crippen molar-refractivity contribution < 1.29 is 9.21 Å². The predicted molar refractivity (Wildman–Crippen MR) is 95.7 cm³/mol. The number of para-hydroxylation sites is 1. The minimum atomic E-state index is -0.335. The Bertz CT molecular complexity index is 1040. The number of carbonyl (C=O) groups is 1. The highest BCUT2D eigenvalue weighted by Crippen LogP contribution is 2.36. The molecular formula is C18H15N5O2S. The van der Waals surface area contributed by atoms with Crippen LogP contribution in [0.3, 0.4) is 0 Å². The third-order valence-electron chi connectivity index (χ3n) is 4.67. The van der Waals surface area contributed by atoms with Crippen molar-refractivity contribution in [1.82, 2.24) is 25.1 Å². The van der Waals surface area contributed by atoms with E-state index in [0.29, 0.717) is 11.6 Å². The summed E-state index contributed by atoms with van der Waals surface area (Å²) in [7, 11) is 0. The maximum absolute atomic E-state index is 13.0. The maximum Gasteiger partial charge on any atom is 0.230 e. The van der Waals surface area contributed by atoms with Gasteiger partial charge in [-0.05, 0) is 12.1 Å². The quantitative estimate of drug-likeness (QED) is 0.603. The van der Waals surface area contributed by atoms with Gasteiger partial charge >= 0.3 is 0 Å². The van der Waals surface area contributed by atoms with Crippen LogP contribution >= 0.6 is 11.3 Å². The van der Waals surface area contributed by atoms with Crippen molar-refractivity contribution in [2.75, 3.05) is 6.54 Å². The summed E-state index contributed by atoms with van der Waals surface area (Å²) in [5, 5.41) is 9.54. The average molecular weight is 365 g/mol. The Balaban J connectivity index is 1.56. The summed E-state index contributed by atoms with van der Waals surface area (Å²) >= 11 is 1.39. The molecule has 0 saturated carbocycles. The fraction of sp³-hybridized carbons (Fsp3) is 0.222. The summed E-state index contributed by atoms with van der Waals surface area (Å²) < 4.78 is 6.08. The van der Waals surface area contributed by atoms with E-state index in [1.807, 2.05) is 35.2 Å². The van der Waals surface area contributed by atoms with E-state index in [4.69, 9.17) is 4.42 Å². The lowest BCUT2D eigenvalue weighted by molar-refractivity contribution is -0.133. The third-order valence-corrected chi connectivity index (χ3v) is 5.36. The molecule has 130 valence electrons. The van der Waals surface area contributed by atoms with Crippen molar-refractivity contribution in [2.24, 2.45) is 0 Å². The molecule has 26 heavy (non-hydrogen) atoms. The van der Waals surface area contributed by atoms with Crippen LogP contribution in [0.2, 0.25) is 0 Å². The number of rotatable bonds is 3. The van der Waals surface area contributed by atoms with Crippen LogP contribution < -0.4 is 0 Å². The second-order valence-corrected chi connectivity index (χ2v) is 7.12. The van der Waals surface area contributed by atoms with Gasteiger partial charge in [0.15, 0.2) is 0 Å². The summed E-state index contributed by atoms with van der Waals surface area (Å²) in [6, 6.07) is 9.51. The summed E-state index contributed by atoms with van der Waals surface area (Å²) in [6.45, 7) is 0.606. The first-order valence-corrected chi connectivity index (χ1v) is 9.22. The molecule has 0 spiro atoms. The highest BCUT2D eigenvalue weighted by Gasteiger charge is 2.36. The largest absolute Gasteiger partial charge is 0.458 e. The van der Waals surface area contributed by atoms with Crippen LogP contribution in [-0.2, 0) is 17.6 Å². The molecule has 0 aliphatic carbocycles. The van der Waals surface area contributed by atoms with E-state index in [-0.39, 0.29) is 18.4 Å². The molecule has 0 saturated heterocycles. The number of benzene rings is 1. The topological polar surface area (TPSA) is 87.9 Å². The molecule has 0 radical (unpaired) electrons. The van der Waals surface area contributed by atoms with Crippen molar-refractivity contribution >= 4 is 28.2 Å². The normalized spacial score (nSPS) is 16.8. The molecule has 1 aliphatic rings. The lowest BCUT2D eigenvalue weighted by Gasteiger charge is -2.33. The number of nitrogens with one attached hydrogen (secondary N) is 1. The van der Waals surface area contributed by atoms with Crippen LogP contribution in [0.1, 0.15) is 28.2 Å². The van der Waals surface area contributed by atoms with Gasteiger partial charge in [0.2, 0.25) is 5.91 Å². The number of aromatic nitrogens is 4. The Hall–Kier alpha value is -3.00. The van der Waals surface area contributed by atoms with Gasteiger partial charge in [0.25, 0.3) is 0 Å². The van der Waals surface area contributed by atoms with Gasteiger partial charge in [0.05, 0.1) is 18.4 Å². The van der Waals surface area contributed by atoms with Gasteiger partial charge < -0.3 is 14.3 Å². The predicted octanol–water partition coefficient (Wildman–Crippen LogP) is 2.72. The number of hydrogen-bond acceptors (Lipinski definition) is 6. The van der Waals surface area contributed by atoms with Gasteiger partial charge in [0.1, 0.15) is 27.9 Å². The fourth-order valence-corrected chi connectivity index (χ4v) is 3.99. The molecule has 4 aromatic rings. The van der Waals surface area contributed by atoms with Crippen LogP contribution in [0, 0.1) is 0 Å². The lowest BCUT2D eigenvalue weighted by atomic mass is 10.00. The zero-order valence-electron chi connectivity index (χ0n) is 13.8. The Morgan fingerprint density at radius 1 is 1.38 bits per heavy atom. The molecule has 0 bridgehead atoms. The van der Waals surface area contributed by atoms with Crippen molar-refractivity contribution in [3.8, 4) is 0 Å². The number of furan rings is 1. The summed E-state index contributed by atoms with van der Waals surface area (Å²) in [5.74, 6) is 0.728. The van der Waals surface area contributed by atoms with Crippen LogP contribution in [0.4, 0.5) is 0 Å². The zero-order valence-corrected chi connectivity index (χ0v) is 14.6.